The highest BCUT2D eigenvalue weighted by Gasteiger charge is 2.15. The number of ether oxygens (including phenoxy) is 1. The molecular weight excluding hydrogens is 234 g/mol. The van der Waals surface area contributed by atoms with Crippen molar-refractivity contribution in [2.75, 3.05) is 18.6 Å². The Morgan fingerprint density at radius 1 is 1.60 bits per heavy atom. The highest BCUT2D eigenvalue weighted by Crippen LogP contribution is 2.33. The molecule has 1 rings (SSSR count). The quantitative estimate of drug-likeness (QED) is 0.506. The molecule has 1 aromatic carbocycles. The van der Waals surface area contributed by atoms with E-state index in [0.717, 1.165) is 10.6 Å². The fourth-order valence-corrected chi connectivity index (χ4v) is 2.34. The molecule has 0 aromatic heterocycles. The summed E-state index contributed by atoms with van der Waals surface area (Å²) in [4.78, 5) is 12.2. The smallest absolute Gasteiger partial charge is 0.339 e. The second kappa shape index (κ2) is 5.28. The number of hydrogen-bond donors (Lipinski definition) is 1. The van der Waals surface area contributed by atoms with Gasteiger partial charge in [0.1, 0.15) is 0 Å². The number of anilines is 1. The first-order valence-corrected chi connectivity index (χ1v) is 5.76. The number of nitrogens with two attached hydrogens (primary N) is 1. The van der Waals surface area contributed by atoms with Gasteiger partial charge in [0.15, 0.2) is 0 Å². The molecule has 82 valence electrons. The highest BCUT2D eigenvalue weighted by atomic mass is 35.5. The van der Waals surface area contributed by atoms with E-state index in [2.05, 4.69) is 4.74 Å². The number of esters is 1. The Morgan fingerprint density at radius 3 is 2.80 bits per heavy atom. The monoisotopic (exact) mass is 245 g/mol. The normalized spacial score (nSPS) is 10.1. The van der Waals surface area contributed by atoms with Crippen molar-refractivity contribution in [1.82, 2.24) is 0 Å². The average molecular weight is 246 g/mol. The minimum Gasteiger partial charge on any atom is -0.465 e. The molecule has 0 spiro atoms. The third-order valence-electron chi connectivity index (χ3n) is 1.76. The lowest BCUT2D eigenvalue weighted by molar-refractivity contribution is 0.0597. The van der Waals surface area contributed by atoms with Crippen LogP contribution in [0.3, 0.4) is 0 Å². The summed E-state index contributed by atoms with van der Waals surface area (Å²) < 4.78 is 4.67. The van der Waals surface area contributed by atoms with Crippen LogP contribution in [0.25, 0.3) is 0 Å². The predicted octanol–water partition coefficient (Wildman–Crippen LogP) is 2.82. The minimum absolute atomic E-state index is 0.417. The first kappa shape index (κ1) is 12.2. The first-order chi connectivity index (χ1) is 7.10. The second-order valence-electron chi connectivity index (χ2n) is 2.80. The van der Waals surface area contributed by atoms with Crippen molar-refractivity contribution in [1.29, 1.82) is 0 Å². The Bertz CT molecular complexity index is 382. The summed E-state index contributed by atoms with van der Waals surface area (Å²) >= 11 is 7.50. The van der Waals surface area contributed by atoms with Crippen molar-refractivity contribution in [3.63, 3.8) is 0 Å². The number of methoxy groups -OCH3 is 1. The molecule has 0 amide bonds. The summed E-state index contributed by atoms with van der Waals surface area (Å²) in [6.07, 6.45) is 0. The van der Waals surface area contributed by atoms with Crippen molar-refractivity contribution in [3.05, 3.63) is 22.7 Å². The van der Waals surface area contributed by atoms with Crippen LogP contribution in [-0.4, -0.2) is 18.8 Å². The van der Waals surface area contributed by atoms with Crippen LogP contribution in [0.4, 0.5) is 5.69 Å². The van der Waals surface area contributed by atoms with Gasteiger partial charge >= 0.3 is 5.97 Å². The number of nitrogen functional groups attached to an aromatic ring is 1. The highest BCUT2D eigenvalue weighted by molar-refractivity contribution is 7.99. The SMILES string of the molecule is CCSc1c(Cl)cc(N)cc1C(=O)OC. The van der Waals surface area contributed by atoms with Gasteiger partial charge in [0, 0.05) is 10.6 Å². The van der Waals surface area contributed by atoms with E-state index in [0.29, 0.717) is 16.3 Å². The zero-order valence-electron chi connectivity index (χ0n) is 8.54. The summed E-state index contributed by atoms with van der Waals surface area (Å²) in [5.41, 5.74) is 6.50. The molecule has 0 fully saturated rings. The molecule has 0 saturated carbocycles. The van der Waals surface area contributed by atoms with Crippen LogP contribution in [0.2, 0.25) is 5.02 Å². The minimum atomic E-state index is -0.417. The molecule has 0 aliphatic carbocycles. The molecule has 0 bridgehead atoms. The zero-order chi connectivity index (χ0) is 11.4. The standard InChI is InChI=1S/C10H12ClNO2S/c1-3-15-9-7(10(13)14-2)4-6(12)5-8(9)11/h4-5H,3,12H2,1-2H3. The maximum absolute atomic E-state index is 11.5. The molecule has 0 aliphatic heterocycles. The maximum Gasteiger partial charge on any atom is 0.339 e. The van der Waals surface area contributed by atoms with E-state index in [1.165, 1.54) is 18.9 Å². The summed E-state index contributed by atoms with van der Waals surface area (Å²) in [6.45, 7) is 1.98. The first-order valence-electron chi connectivity index (χ1n) is 4.40. The van der Waals surface area contributed by atoms with Gasteiger partial charge in [-0.1, -0.05) is 18.5 Å². The molecule has 0 radical (unpaired) electrons. The number of carbonyl (C=O) groups excluding carboxylic acids is 1. The van der Waals surface area contributed by atoms with Crippen LogP contribution < -0.4 is 5.73 Å². The Balaban J connectivity index is 3.26. The lowest BCUT2D eigenvalue weighted by atomic mass is 10.2. The number of carbonyl (C=O) groups is 1. The lowest BCUT2D eigenvalue weighted by Gasteiger charge is -2.09. The van der Waals surface area contributed by atoms with Crippen LogP contribution in [0, 0.1) is 0 Å². The van der Waals surface area contributed by atoms with Gasteiger partial charge < -0.3 is 10.5 Å². The van der Waals surface area contributed by atoms with E-state index >= 15 is 0 Å². The van der Waals surface area contributed by atoms with E-state index in [-0.39, 0.29) is 0 Å². The molecule has 0 saturated heterocycles. The fourth-order valence-electron chi connectivity index (χ4n) is 1.17. The van der Waals surface area contributed by atoms with Gasteiger partial charge in [0.25, 0.3) is 0 Å². The van der Waals surface area contributed by atoms with Gasteiger partial charge in [0.05, 0.1) is 17.7 Å². The fraction of sp³-hybridized carbons (Fsp3) is 0.300. The molecule has 1 aromatic rings. The summed E-state index contributed by atoms with van der Waals surface area (Å²) in [7, 11) is 1.33. The van der Waals surface area contributed by atoms with Crippen molar-refractivity contribution in [2.24, 2.45) is 0 Å². The maximum atomic E-state index is 11.5. The zero-order valence-corrected chi connectivity index (χ0v) is 10.1. The number of rotatable bonds is 3. The van der Waals surface area contributed by atoms with E-state index in [1.54, 1.807) is 12.1 Å². The summed E-state index contributed by atoms with van der Waals surface area (Å²) in [6, 6.07) is 3.21. The van der Waals surface area contributed by atoms with E-state index < -0.39 is 5.97 Å². The Kier molecular flexibility index (Phi) is 4.29. The summed E-state index contributed by atoms with van der Waals surface area (Å²) in [5.74, 6) is 0.410. The van der Waals surface area contributed by atoms with Crippen molar-refractivity contribution in [3.8, 4) is 0 Å². The van der Waals surface area contributed by atoms with Gasteiger partial charge in [0.2, 0.25) is 0 Å². The summed E-state index contributed by atoms with van der Waals surface area (Å²) in [5, 5.41) is 0.488. The third kappa shape index (κ3) is 2.79. The van der Waals surface area contributed by atoms with Crippen LogP contribution >= 0.6 is 23.4 Å². The Labute approximate surface area is 97.9 Å². The van der Waals surface area contributed by atoms with Gasteiger partial charge in [-0.25, -0.2) is 4.79 Å². The van der Waals surface area contributed by atoms with E-state index in [9.17, 15) is 4.79 Å². The average Bonchev–Trinajstić information content (AvgIpc) is 2.20. The van der Waals surface area contributed by atoms with Gasteiger partial charge in [-0.2, -0.15) is 0 Å². The molecule has 2 N–H and O–H groups in total. The van der Waals surface area contributed by atoms with Crippen LogP contribution in [0.5, 0.6) is 0 Å². The topological polar surface area (TPSA) is 52.3 Å². The van der Waals surface area contributed by atoms with Crippen LogP contribution in [0.15, 0.2) is 17.0 Å². The van der Waals surface area contributed by atoms with Gasteiger partial charge in [-0.15, -0.1) is 11.8 Å². The number of halogens is 1. The van der Waals surface area contributed by atoms with E-state index in [1.807, 2.05) is 6.92 Å². The molecular formula is C10H12ClNO2S. The lowest BCUT2D eigenvalue weighted by Crippen LogP contribution is -2.05. The Hall–Kier alpha value is -0.870. The van der Waals surface area contributed by atoms with E-state index in [4.69, 9.17) is 17.3 Å². The molecule has 0 heterocycles. The number of benzene rings is 1. The molecule has 0 atom stereocenters. The molecule has 15 heavy (non-hydrogen) atoms. The van der Waals surface area contributed by atoms with Crippen molar-refractivity contribution >= 4 is 35.0 Å². The molecule has 0 unspecified atom stereocenters. The molecule has 3 nitrogen and oxygen atoms in total. The van der Waals surface area contributed by atoms with Gasteiger partial charge in [-0.05, 0) is 17.9 Å². The van der Waals surface area contributed by atoms with Crippen molar-refractivity contribution in [2.45, 2.75) is 11.8 Å². The number of thioether (sulfide) groups is 1. The van der Waals surface area contributed by atoms with Crippen LogP contribution in [0.1, 0.15) is 17.3 Å². The largest absolute Gasteiger partial charge is 0.465 e. The van der Waals surface area contributed by atoms with Crippen LogP contribution in [-0.2, 0) is 4.74 Å². The number of hydrogen-bond acceptors (Lipinski definition) is 4. The van der Waals surface area contributed by atoms with Crippen molar-refractivity contribution < 1.29 is 9.53 Å². The molecule has 0 aliphatic rings. The Morgan fingerprint density at radius 2 is 2.27 bits per heavy atom. The predicted molar refractivity (Wildman–Crippen MR) is 63.6 cm³/mol. The van der Waals surface area contributed by atoms with Gasteiger partial charge in [-0.3, -0.25) is 0 Å². The molecule has 5 heteroatoms. The third-order valence-corrected chi connectivity index (χ3v) is 3.19. The second-order valence-corrected chi connectivity index (χ2v) is 4.49.